The Morgan fingerprint density at radius 2 is 1.83 bits per heavy atom. The lowest BCUT2D eigenvalue weighted by Gasteiger charge is -2.07. The zero-order valence-corrected chi connectivity index (χ0v) is 14.1. The fraction of sp³-hybridized carbons (Fsp3) is 0.158. The first-order valence-corrected chi connectivity index (χ1v) is 8.16. The Hall–Kier alpha value is -2.59. The SMILES string of the molecule is Cc1c(C(=O)NCCc2ccccc2Cl)cnn1-c1ccccc1. The predicted octanol–water partition coefficient (Wildman–Crippen LogP) is 3.81. The third-order valence-corrected chi connectivity index (χ3v) is 4.26. The molecule has 4 nitrogen and oxygen atoms in total. The van der Waals surface area contributed by atoms with Crippen molar-refractivity contribution in [3.63, 3.8) is 0 Å². The van der Waals surface area contributed by atoms with Crippen molar-refractivity contribution in [2.45, 2.75) is 13.3 Å². The van der Waals surface area contributed by atoms with Crippen molar-refractivity contribution in [1.29, 1.82) is 0 Å². The zero-order chi connectivity index (χ0) is 16.9. The van der Waals surface area contributed by atoms with Crippen molar-refractivity contribution >= 4 is 17.5 Å². The van der Waals surface area contributed by atoms with E-state index in [0.717, 1.165) is 22.0 Å². The van der Waals surface area contributed by atoms with Gasteiger partial charge in [0.1, 0.15) is 0 Å². The van der Waals surface area contributed by atoms with Crippen molar-refractivity contribution in [2.75, 3.05) is 6.54 Å². The Morgan fingerprint density at radius 3 is 2.58 bits per heavy atom. The molecule has 1 amide bonds. The monoisotopic (exact) mass is 339 g/mol. The Bertz CT molecular complexity index is 843. The molecule has 0 bridgehead atoms. The molecule has 24 heavy (non-hydrogen) atoms. The van der Waals surface area contributed by atoms with Gasteiger partial charge in [-0.15, -0.1) is 0 Å². The fourth-order valence-electron chi connectivity index (χ4n) is 2.57. The van der Waals surface area contributed by atoms with Gasteiger partial charge in [-0.05, 0) is 37.1 Å². The Morgan fingerprint density at radius 1 is 1.12 bits per heavy atom. The number of aromatic nitrogens is 2. The van der Waals surface area contributed by atoms with E-state index in [1.54, 1.807) is 10.9 Å². The van der Waals surface area contributed by atoms with E-state index < -0.39 is 0 Å². The second-order valence-corrected chi connectivity index (χ2v) is 5.90. The summed E-state index contributed by atoms with van der Waals surface area (Å²) >= 11 is 6.13. The van der Waals surface area contributed by atoms with E-state index in [1.165, 1.54) is 0 Å². The molecule has 0 saturated carbocycles. The highest BCUT2D eigenvalue weighted by Gasteiger charge is 2.14. The van der Waals surface area contributed by atoms with Gasteiger partial charge < -0.3 is 5.32 Å². The number of rotatable bonds is 5. The summed E-state index contributed by atoms with van der Waals surface area (Å²) in [6.07, 6.45) is 2.30. The molecule has 0 radical (unpaired) electrons. The van der Waals surface area contributed by atoms with Crippen molar-refractivity contribution in [3.8, 4) is 5.69 Å². The van der Waals surface area contributed by atoms with Crippen molar-refractivity contribution < 1.29 is 4.79 Å². The van der Waals surface area contributed by atoms with Crippen LogP contribution in [0.15, 0.2) is 60.8 Å². The van der Waals surface area contributed by atoms with E-state index in [0.29, 0.717) is 18.5 Å². The van der Waals surface area contributed by atoms with E-state index >= 15 is 0 Å². The van der Waals surface area contributed by atoms with Crippen LogP contribution in [-0.2, 0) is 6.42 Å². The molecule has 0 aliphatic carbocycles. The number of carbonyl (C=O) groups is 1. The first-order valence-electron chi connectivity index (χ1n) is 7.78. The van der Waals surface area contributed by atoms with Crippen LogP contribution in [0.4, 0.5) is 0 Å². The molecule has 0 aliphatic rings. The quantitative estimate of drug-likeness (QED) is 0.768. The van der Waals surface area contributed by atoms with Gasteiger partial charge in [-0.1, -0.05) is 48.0 Å². The van der Waals surface area contributed by atoms with Gasteiger partial charge in [0, 0.05) is 11.6 Å². The van der Waals surface area contributed by atoms with Crippen LogP contribution in [0.5, 0.6) is 0 Å². The second kappa shape index (κ2) is 7.32. The zero-order valence-electron chi connectivity index (χ0n) is 13.4. The molecular formula is C19H18ClN3O. The average molecular weight is 340 g/mol. The Labute approximate surface area is 146 Å². The van der Waals surface area contributed by atoms with Gasteiger partial charge in [0.05, 0.1) is 23.1 Å². The highest BCUT2D eigenvalue weighted by molar-refractivity contribution is 6.31. The third-order valence-electron chi connectivity index (χ3n) is 3.89. The molecule has 1 N–H and O–H groups in total. The molecule has 0 unspecified atom stereocenters. The summed E-state index contributed by atoms with van der Waals surface area (Å²) in [6.45, 7) is 2.42. The largest absolute Gasteiger partial charge is 0.352 e. The highest BCUT2D eigenvalue weighted by atomic mass is 35.5. The van der Waals surface area contributed by atoms with Crippen LogP contribution in [-0.4, -0.2) is 22.2 Å². The molecule has 3 aromatic rings. The summed E-state index contributed by atoms with van der Waals surface area (Å²) in [6, 6.07) is 17.4. The normalized spacial score (nSPS) is 10.6. The lowest BCUT2D eigenvalue weighted by molar-refractivity contribution is 0.0953. The van der Waals surface area contributed by atoms with Crippen LogP contribution < -0.4 is 5.32 Å². The molecule has 0 fully saturated rings. The average Bonchev–Trinajstić information content (AvgIpc) is 2.99. The summed E-state index contributed by atoms with van der Waals surface area (Å²) in [5.74, 6) is -0.123. The van der Waals surface area contributed by atoms with Crippen molar-refractivity contribution in [1.82, 2.24) is 15.1 Å². The summed E-state index contributed by atoms with van der Waals surface area (Å²) in [4.78, 5) is 12.4. The smallest absolute Gasteiger partial charge is 0.254 e. The standard InChI is InChI=1S/C19H18ClN3O/c1-14-17(13-22-23(14)16-8-3-2-4-9-16)19(24)21-12-11-15-7-5-6-10-18(15)20/h2-10,13H,11-12H2,1H3,(H,21,24). The van der Waals surface area contributed by atoms with Gasteiger partial charge >= 0.3 is 0 Å². The predicted molar refractivity (Wildman–Crippen MR) is 95.8 cm³/mol. The van der Waals surface area contributed by atoms with Gasteiger partial charge in [-0.3, -0.25) is 4.79 Å². The molecule has 1 aromatic heterocycles. The minimum atomic E-state index is -0.123. The number of hydrogen-bond donors (Lipinski definition) is 1. The van der Waals surface area contributed by atoms with Crippen LogP contribution in [0.2, 0.25) is 5.02 Å². The molecule has 0 atom stereocenters. The number of benzene rings is 2. The maximum absolute atomic E-state index is 12.4. The van der Waals surface area contributed by atoms with Gasteiger partial charge in [0.25, 0.3) is 5.91 Å². The second-order valence-electron chi connectivity index (χ2n) is 5.49. The molecule has 0 aliphatic heterocycles. The number of halogens is 1. The Balaban J connectivity index is 1.66. The van der Waals surface area contributed by atoms with Crippen molar-refractivity contribution in [3.05, 3.63) is 82.6 Å². The molecule has 5 heteroatoms. The summed E-state index contributed by atoms with van der Waals surface area (Å²) in [5.41, 5.74) is 3.36. The maximum atomic E-state index is 12.4. The number of carbonyl (C=O) groups excluding carboxylic acids is 1. The summed E-state index contributed by atoms with van der Waals surface area (Å²) < 4.78 is 1.77. The molecule has 122 valence electrons. The number of nitrogens with zero attached hydrogens (tertiary/aromatic N) is 2. The molecule has 0 spiro atoms. The van der Waals surface area contributed by atoms with E-state index in [-0.39, 0.29) is 5.91 Å². The van der Waals surface area contributed by atoms with E-state index in [1.807, 2.05) is 61.5 Å². The molecule has 3 rings (SSSR count). The number of hydrogen-bond acceptors (Lipinski definition) is 2. The minimum Gasteiger partial charge on any atom is -0.352 e. The van der Waals surface area contributed by atoms with Gasteiger partial charge in [0.15, 0.2) is 0 Å². The molecule has 2 aromatic carbocycles. The van der Waals surface area contributed by atoms with Crippen LogP contribution >= 0.6 is 11.6 Å². The molecule has 0 saturated heterocycles. The summed E-state index contributed by atoms with van der Waals surface area (Å²) in [5, 5.41) is 7.97. The fourth-order valence-corrected chi connectivity index (χ4v) is 2.80. The van der Waals surface area contributed by atoms with Crippen LogP contribution in [0.1, 0.15) is 21.6 Å². The van der Waals surface area contributed by atoms with Crippen molar-refractivity contribution in [2.24, 2.45) is 0 Å². The lowest BCUT2D eigenvalue weighted by atomic mass is 10.1. The third kappa shape index (κ3) is 3.49. The van der Waals surface area contributed by atoms with E-state index in [4.69, 9.17) is 11.6 Å². The van der Waals surface area contributed by atoms with E-state index in [9.17, 15) is 4.79 Å². The van der Waals surface area contributed by atoms with Gasteiger partial charge in [0.2, 0.25) is 0 Å². The first-order chi connectivity index (χ1) is 11.7. The molecule has 1 heterocycles. The van der Waals surface area contributed by atoms with Gasteiger partial charge in [-0.25, -0.2) is 4.68 Å². The number of amides is 1. The number of para-hydroxylation sites is 1. The maximum Gasteiger partial charge on any atom is 0.254 e. The molecular weight excluding hydrogens is 322 g/mol. The first kappa shape index (κ1) is 16.3. The van der Waals surface area contributed by atoms with E-state index in [2.05, 4.69) is 10.4 Å². The topological polar surface area (TPSA) is 46.9 Å². The van der Waals surface area contributed by atoms with Gasteiger partial charge in [-0.2, -0.15) is 5.10 Å². The highest BCUT2D eigenvalue weighted by Crippen LogP contribution is 2.16. The number of nitrogens with one attached hydrogen (secondary N) is 1. The Kier molecular flexibility index (Phi) is 4.96. The van der Waals surface area contributed by atoms with Crippen LogP contribution in [0.3, 0.4) is 0 Å². The lowest BCUT2D eigenvalue weighted by Crippen LogP contribution is -2.26. The van der Waals surface area contributed by atoms with Crippen LogP contribution in [0, 0.1) is 6.92 Å². The van der Waals surface area contributed by atoms with Crippen LogP contribution in [0.25, 0.3) is 5.69 Å². The summed E-state index contributed by atoms with van der Waals surface area (Å²) in [7, 11) is 0. The minimum absolute atomic E-state index is 0.123.